The molecule has 2 N–H and O–H groups in total. The maximum Gasteiger partial charge on any atom is 0.339 e. The van der Waals surface area contributed by atoms with Crippen molar-refractivity contribution in [3.05, 3.63) is 46.0 Å². The van der Waals surface area contributed by atoms with Gasteiger partial charge in [-0.1, -0.05) is 12.1 Å². The van der Waals surface area contributed by atoms with Gasteiger partial charge >= 0.3 is 11.7 Å². The van der Waals surface area contributed by atoms with Gasteiger partial charge in [0.2, 0.25) is 5.52 Å². The number of nitro benzene ring substituents is 1. The fourth-order valence-corrected chi connectivity index (χ4v) is 2.78. The minimum Gasteiger partial charge on any atom is -0.465 e. The molecule has 0 amide bonds. The van der Waals surface area contributed by atoms with Crippen molar-refractivity contribution in [1.29, 1.82) is 0 Å². The Labute approximate surface area is 158 Å². The fourth-order valence-electron chi connectivity index (χ4n) is 2.78. The number of methoxy groups -OCH3 is 1. The second-order valence-corrected chi connectivity index (χ2v) is 5.82. The fraction of sp³-hybridized carbons (Fsp3) is 0.235. The van der Waals surface area contributed by atoms with Gasteiger partial charge in [0.15, 0.2) is 5.52 Å². The van der Waals surface area contributed by atoms with Gasteiger partial charge in [0, 0.05) is 13.6 Å². The number of hydrogen-bond acceptors (Lipinski definition) is 10. The van der Waals surface area contributed by atoms with E-state index in [0.717, 1.165) is 0 Å². The van der Waals surface area contributed by atoms with Crippen LogP contribution < -0.4 is 10.2 Å². The summed E-state index contributed by atoms with van der Waals surface area (Å²) in [7, 11) is 2.87. The number of esters is 1. The monoisotopic (exact) mass is 387 g/mol. The number of carbonyl (C=O) groups is 1. The Bertz CT molecular complexity index is 1030. The van der Waals surface area contributed by atoms with Crippen molar-refractivity contribution >= 4 is 39.8 Å². The molecule has 1 heterocycles. The van der Waals surface area contributed by atoms with Crippen LogP contribution in [-0.4, -0.2) is 53.6 Å². The number of carbonyl (C=O) groups excluding carboxylic acids is 1. The number of aliphatic hydroxyl groups is 1. The Morgan fingerprint density at radius 2 is 2.04 bits per heavy atom. The molecule has 0 bridgehead atoms. The first-order valence-electron chi connectivity index (χ1n) is 8.18. The van der Waals surface area contributed by atoms with E-state index in [1.807, 2.05) is 0 Å². The second-order valence-electron chi connectivity index (χ2n) is 5.82. The molecule has 11 nitrogen and oxygen atoms in total. The summed E-state index contributed by atoms with van der Waals surface area (Å²) < 4.78 is 9.50. The number of para-hydroxylation sites is 1. The van der Waals surface area contributed by atoms with Crippen molar-refractivity contribution in [1.82, 2.24) is 10.3 Å². The van der Waals surface area contributed by atoms with Gasteiger partial charge in [0.1, 0.15) is 5.69 Å². The largest absolute Gasteiger partial charge is 0.465 e. The molecule has 0 saturated heterocycles. The molecule has 0 aliphatic heterocycles. The van der Waals surface area contributed by atoms with Gasteiger partial charge in [-0.2, -0.15) is 0 Å². The molecule has 0 aliphatic rings. The third kappa shape index (κ3) is 3.42. The van der Waals surface area contributed by atoms with Gasteiger partial charge in [-0.05, 0) is 28.5 Å². The molecule has 0 aliphatic carbocycles. The van der Waals surface area contributed by atoms with E-state index in [0.29, 0.717) is 11.4 Å². The number of benzene rings is 2. The van der Waals surface area contributed by atoms with Crippen LogP contribution in [0.1, 0.15) is 10.4 Å². The number of likely N-dealkylation sites (N-methyl/N-ethyl adjacent to an activating group) is 1. The molecule has 11 heteroatoms. The highest BCUT2D eigenvalue weighted by Crippen LogP contribution is 2.39. The molecule has 0 spiro atoms. The smallest absolute Gasteiger partial charge is 0.339 e. The second kappa shape index (κ2) is 7.88. The average molecular weight is 387 g/mol. The summed E-state index contributed by atoms with van der Waals surface area (Å²) >= 11 is 0. The number of aliphatic hydroxyl groups excluding tert-OH is 1. The number of hydrogen-bond donors (Lipinski definition) is 2. The molecule has 3 rings (SSSR count). The minimum absolute atomic E-state index is 0.0506. The van der Waals surface area contributed by atoms with E-state index in [1.165, 1.54) is 18.1 Å². The molecule has 1 aromatic heterocycles. The van der Waals surface area contributed by atoms with E-state index in [4.69, 9.17) is 9.37 Å². The Morgan fingerprint density at radius 1 is 1.32 bits per heavy atom. The maximum atomic E-state index is 12.0. The summed E-state index contributed by atoms with van der Waals surface area (Å²) in [6, 6.07) is 8.13. The maximum absolute atomic E-state index is 12.0. The zero-order valence-electron chi connectivity index (χ0n) is 15.1. The highest BCUT2D eigenvalue weighted by atomic mass is 16.6. The van der Waals surface area contributed by atoms with Crippen LogP contribution in [0, 0.1) is 10.1 Å². The van der Waals surface area contributed by atoms with Crippen LogP contribution in [0.15, 0.2) is 35.0 Å². The molecule has 0 atom stereocenters. The van der Waals surface area contributed by atoms with E-state index < -0.39 is 10.9 Å². The molecule has 28 heavy (non-hydrogen) atoms. The average Bonchev–Trinajstić information content (AvgIpc) is 3.17. The Hall–Kier alpha value is -3.73. The first-order chi connectivity index (χ1) is 13.5. The van der Waals surface area contributed by atoms with Crippen LogP contribution in [0.3, 0.4) is 0 Å². The summed E-state index contributed by atoms with van der Waals surface area (Å²) in [5.74, 6) is -0.544. The molecule has 0 radical (unpaired) electrons. The summed E-state index contributed by atoms with van der Waals surface area (Å²) in [4.78, 5) is 24.6. The number of nitrogens with zero attached hydrogens (tertiary/aromatic N) is 4. The van der Waals surface area contributed by atoms with Crippen molar-refractivity contribution in [2.45, 2.75) is 0 Å². The summed E-state index contributed by atoms with van der Waals surface area (Å²) in [5, 5.41) is 31.3. The molecule has 146 valence electrons. The molecule has 0 saturated carbocycles. The quantitative estimate of drug-likeness (QED) is 0.351. The summed E-state index contributed by atoms with van der Waals surface area (Å²) in [6.45, 7) is -0.0352. The van der Waals surface area contributed by atoms with Crippen LogP contribution in [-0.2, 0) is 4.74 Å². The highest BCUT2D eigenvalue weighted by molar-refractivity contribution is 6.03. The Kier molecular flexibility index (Phi) is 5.36. The van der Waals surface area contributed by atoms with Gasteiger partial charge in [-0.3, -0.25) is 10.1 Å². The molecular weight excluding hydrogens is 370 g/mol. The van der Waals surface area contributed by atoms with Crippen molar-refractivity contribution in [2.75, 3.05) is 37.5 Å². The standard InChI is InChI=1S/C17H17N5O6/c1-21(7-8-23)13-9-12(14-15(20-28-19-14)16(13)22(25)26)18-11-6-4-3-5-10(11)17(24)27-2/h3-6,9,18,23H,7-8H2,1-2H3. The van der Waals surface area contributed by atoms with Gasteiger partial charge in [0.05, 0.1) is 35.6 Å². The molecular formula is C17H17N5O6. The Morgan fingerprint density at radius 3 is 2.71 bits per heavy atom. The summed E-state index contributed by atoms with van der Waals surface area (Å²) in [5.41, 5.74) is 1.04. The number of nitrogens with one attached hydrogen (secondary N) is 1. The Balaban J connectivity index is 2.18. The van der Waals surface area contributed by atoms with E-state index >= 15 is 0 Å². The molecule has 3 aromatic rings. The summed E-state index contributed by atoms with van der Waals surface area (Å²) in [6.07, 6.45) is 0. The number of aromatic nitrogens is 2. The lowest BCUT2D eigenvalue weighted by atomic mass is 10.1. The van der Waals surface area contributed by atoms with E-state index in [-0.39, 0.29) is 41.1 Å². The first kappa shape index (κ1) is 19.0. The number of anilines is 3. The number of rotatable bonds is 7. The lowest BCUT2D eigenvalue weighted by molar-refractivity contribution is -0.382. The van der Waals surface area contributed by atoms with E-state index in [1.54, 1.807) is 31.3 Å². The molecule has 2 aromatic carbocycles. The minimum atomic E-state index is -0.581. The van der Waals surface area contributed by atoms with Gasteiger partial charge < -0.3 is 20.1 Å². The van der Waals surface area contributed by atoms with Crippen LogP contribution >= 0.6 is 0 Å². The van der Waals surface area contributed by atoms with Crippen LogP contribution in [0.4, 0.5) is 22.7 Å². The number of fused-ring (bicyclic) bond motifs is 1. The third-order valence-electron chi connectivity index (χ3n) is 4.12. The van der Waals surface area contributed by atoms with Crippen LogP contribution in [0.25, 0.3) is 11.0 Å². The van der Waals surface area contributed by atoms with E-state index in [2.05, 4.69) is 15.6 Å². The van der Waals surface area contributed by atoms with Gasteiger partial charge in [-0.25, -0.2) is 9.42 Å². The van der Waals surface area contributed by atoms with Crippen molar-refractivity contribution in [3.8, 4) is 0 Å². The van der Waals surface area contributed by atoms with Gasteiger partial charge in [-0.15, -0.1) is 0 Å². The SMILES string of the molecule is COC(=O)c1ccccc1Nc1cc(N(C)CCO)c([N+](=O)[O-])c2nonc12. The van der Waals surface area contributed by atoms with Crippen molar-refractivity contribution in [3.63, 3.8) is 0 Å². The topological polar surface area (TPSA) is 144 Å². The molecule has 0 fully saturated rings. The first-order valence-corrected chi connectivity index (χ1v) is 8.18. The van der Waals surface area contributed by atoms with Crippen LogP contribution in [0.5, 0.6) is 0 Å². The van der Waals surface area contributed by atoms with Crippen molar-refractivity contribution in [2.24, 2.45) is 0 Å². The normalized spacial score (nSPS) is 10.7. The lowest BCUT2D eigenvalue weighted by Gasteiger charge is -2.19. The number of ether oxygens (including phenoxy) is 1. The zero-order valence-corrected chi connectivity index (χ0v) is 15.1. The van der Waals surface area contributed by atoms with Crippen molar-refractivity contribution < 1.29 is 24.2 Å². The third-order valence-corrected chi connectivity index (χ3v) is 4.12. The predicted octanol–water partition coefficient (Wildman–Crippen LogP) is 2.09. The molecule has 0 unspecified atom stereocenters. The zero-order chi connectivity index (χ0) is 20.3. The number of nitro groups is 1. The lowest BCUT2D eigenvalue weighted by Crippen LogP contribution is -2.22. The van der Waals surface area contributed by atoms with Gasteiger partial charge in [0.25, 0.3) is 0 Å². The van der Waals surface area contributed by atoms with E-state index in [9.17, 15) is 20.0 Å². The highest BCUT2D eigenvalue weighted by Gasteiger charge is 2.28. The van der Waals surface area contributed by atoms with Crippen LogP contribution in [0.2, 0.25) is 0 Å². The predicted molar refractivity (Wildman–Crippen MR) is 99.9 cm³/mol.